The second kappa shape index (κ2) is 8.06. The summed E-state index contributed by atoms with van der Waals surface area (Å²) in [6, 6.07) is 8.70. The van der Waals surface area contributed by atoms with Crippen LogP contribution in [0.4, 0.5) is 5.82 Å². The van der Waals surface area contributed by atoms with Gasteiger partial charge in [-0.3, -0.25) is 4.79 Å². The van der Waals surface area contributed by atoms with Gasteiger partial charge in [-0.25, -0.2) is 9.97 Å². The SMILES string of the molecule is Cc1cc(C)nc(-n2nc(C)cc2NC(=O)COc2ccc(Cl)cc2Br)n1. The van der Waals surface area contributed by atoms with E-state index < -0.39 is 0 Å². The number of ether oxygens (including phenoxy) is 1. The molecule has 1 amide bonds. The number of nitrogens with one attached hydrogen (secondary N) is 1. The number of hydrogen-bond acceptors (Lipinski definition) is 5. The van der Waals surface area contributed by atoms with Crippen molar-refractivity contribution >= 4 is 39.3 Å². The van der Waals surface area contributed by atoms with E-state index >= 15 is 0 Å². The lowest BCUT2D eigenvalue weighted by Crippen LogP contribution is -2.22. The molecular formula is C18H17BrClN5O2. The molecule has 3 aromatic rings. The highest BCUT2D eigenvalue weighted by atomic mass is 79.9. The van der Waals surface area contributed by atoms with E-state index in [1.165, 1.54) is 4.68 Å². The van der Waals surface area contributed by atoms with E-state index in [2.05, 4.69) is 36.3 Å². The van der Waals surface area contributed by atoms with Crippen LogP contribution in [0.25, 0.3) is 5.95 Å². The predicted octanol–water partition coefficient (Wildman–Crippen LogP) is 4.02. The third-order valence-corrected chi connectivity index (χ3v) is 4.37. The molecule has 2 heterocycles. The number of benzene rings is 1. The van der Waals surface area contributed by atoms with E-state index in [1.54, 1.807) is 24.3 Å². The molecule has 0 radical (unpaired) electrons. The fraction of sp³-hybridized carbons (Fsp3) is 0.222. The number of amides is 1. The Bertz CT molecular complexity index is 985. The number of rotatable bonds is 5. The van der Waals surface area contributed by atoms with E-state index in [-0.39, 0.29) is 12.5 Å². The minimum Gasteiger partial charge on any atom is -0.483 e. The van der Waals surface area contributed by atoms with E-state index in [4.69, 9.17) is 16.3 Å². The molecule has 3 rings (SSSR count). The fourth-order valence-corrected chi connectivity index (χ4v) is 3.25. The summed E-state index contributed by atoms with van der Waals surface area (Å²) in [4.78, 5) is 21.1. The maximum atomic E-state index is 12.3. The number of anilines is 1. The van der Waals surface area contributed by atoms with Gasteiger partial charge in [-0.1, -0.05) is 11.6 Å². The van der Waals surface area contributed by atoms with Gasteiger partial charge in [-0.05, 0) is 61.0 Å². The fourth-order valence-electron chi connectivity index (χ4n) is 2.46. The molecular weight excluding hydrogens is 434 g/mol. The van der Waals surface area contributed by atoms with Gasteiger partial charge in [0.25, 0.3) is 11.9 Å². The molecule has 1 N–H and O–H groups in total. The molecule has 1 aromatic carbocycles. The smallest absolute Gasteiger partial charge is 0.263 e. The first-order chi connectivity index (χ1) is 12.8. The highest BCUT2D eigenvalue weighted by Gasteiger charge is 2.14. The normalized spacial score (nSPS) is 10.7. The molecule has 0 spiro atoms. The maximum absolute atomic E-state index is 12.3. The molecule has 0 aliphatic heterocycles. The molecule has 140 valence electrons. The number of nitrogens with zero attached hydrogens (tertiary/aromatic N) is 4. The Morgan fingerprint density at radius 1 is 1.15 bits per heavy atom. The lowest BCUT2D eigenvalue weighted by Gasteiger charge is -2.10. The number of hydrogen-bond donors (Lipinski definition) is 1. The van der Waals surface area contributed by atoms with Crippen LogP contribution < -0.4 is 10.1 Å². The largest absolute Gasteiger partial charge is 0.483 e. The Morgan fingerprint density at radius 3 is 2.52 bits per heavy atom. The van der Waals surface area contributed by atoms with Gasteiger partial charge in [0.15, 0.2) is 6.61 Å². The molecule has 0 bridgehead atoms. The zero-order valence-electron chi connectivity index (χ0n) is 15.0. The molecule has 0 saturated heterocycles. The van der Waals surface area contributed by atoms with Crippen molar-refractivity contribution in [3.05, 3.63) is 56.9 Å². The number of carbonyl (C=O) groups excluding carboxylic acids is 1. The predicted molar refractivity (Wildman–Crippen MR) is 107 cm³/mol. The molecule has 7 nitrogen and oxygen atoms in total. The van der Waals surface area contributed by atoms with Crippen molar-refractivity contribution in [1.82, 2.24) is 19.7 Å². The van der Waals surface area contributed by atoms with Crippen molar-refractivity contribution in [1.29, 1.82) is 0 Å². The van der Waals surface area contributed by atoms with Gasteiger partial charge in [-0.2, -0.15) is 9.78 Å². The number of aromatic nitrogens is 4. The van der Waals surface area contributed by atoms with Crippen molar-refractivity contribution in [3.63, 3.8) is 0 Å². The van der Waals surface area contributed by atoms with E-state index in [0.29, 0.717) is 27.0 Å². The minimum absolute atomic E-state index is 0.168. The van der Waals surface area contributed by atoms with Crippen molar-refractivity contribution in [2.24, 2.45) is 0 Å². The molecule has 0 aliphatic carbocycles. The molecule has 0 saturated carbocycles. The van der Waals surface area contributed by atoms with Gasteiger partial charge < -0.3 is 10.1 Å². The summed E-state index contributed by atoms with van der Waals surface area (Å²) in [5.41, 5.74) is 2.37. The Morgan fingerprint density at radius 2 is 1.85 bits per heavy atom. The average Bonchev–Trinajstić information content (AvgIpc) is 2.93. The average molecular weight is 451 g/mol. The van der Waals surface area contributed by atoms with Gasteiger partial charge in [0.05, 0.1) is 10.2 Å². The summed E-state index contributed by atoms with van der Waals surface area (Å²) in [7, 11) is 0. The summed E-state index contributed by atoms with van der Waals surface area (Å²) in [5, 5.41) is 7.73. The van der Waals surface area contributed by atoms with Gasteiger partial charge >= 0.3 is 0 Å². The third kappa shape index (κ3) is 4.84. The van der Waals surface area contributed by atoms with Crippen LogP contribution in [0.5, 0.6) is 5.75 Å². The quantitative estimate of drug-likeness (QED) is 0.635. The lowest BCUT2D eigenvalue weighted by atomic mass is 10.3. The Hall–Kier alpha value is -2.45. The summed E-state index contributed by atoms with van der Waals surface area (Å²) in [5.74, 6) is 1.07. The summed E-state index contributed by atoms with van der Waals surface area (Å²) < 4.78 is 7.72. The second-order valence-electron chi connectivity index (χ2n) is 5.95. The summed E-state index contributed by atoms with van der Waals surface area (Å²) in [6.07, 6.45) is 0. The van der Waals surface area contributed by atoms with Crippen molar-refractivity contribution < 1.29 is 9.53 Å². The molecule has 2 aromatic heterocycles. The van der Waals surface area contributed by atoms with Crippen molar-refractivity contribution in [2.45, 2.75) is 20.8 Å². The zero-order valence-corrected chi connectivity index (χ0v) is 17.3. The van der Waals surface area contributed by atoms with E-state index in [9.17, 15) is 4.79 Å². The van der Waals surface area contributed by atoms with Gasteiger partial charge in [0.1, 0.15) is 11.6 Å². The van der Waals surface area contributed by atoms with Crippen LogP contribution in [0.2, 0.25) is 5.02 Å². The van der Waals surface area contributed by atoms with Crippen LogP contribution >= 0.6 is 27.5 Å². The Labute approximate surface area is 169 Å². The van der Waals surface area contributed by atoms with Crippen LogP contribution in [0.3, 0.4) is 0 Å². The zero-order chi connectivity index (χ0) is 19.6. The van der Waals surface area contributed by atoms with Crippen LogP contribution in [0.1, 0.15) is 17.1 Å². The second-order valence-corrected chi connectivity index (χ2v) is 7.24. The molecule has 0 unspecified atom stereocenters. The number of halogens is 2. The minimum atomic E-state index is -0.331. The van der Waals surface area contributed by atoms with E-state index in [0.717, 1.165) is 17.1 Å². The van der Waals surface area contributed by atoms with Crippen LogP contribution in [0, 0.1) is 20.8 Å². The molecule has 9 heteroatoms. The third-order valence-electron chi connectivity index (χ3n) is 3.51. The first-order valence-electron chi connectivity index (χ1n) is 8.09. The summed E-state index contributed by atoms with van der Waals surface area (Å²) in [6.45, 7) is 5.42. The standard InChI is InChI=1S/C18H17BrClN5O2/c1-10-6-11(2)22-18(21-10)25-16(7-12(3)24-25)23-17(26)9-27-15-5-4-13(20)8-14(15)19/h4-8H,9H2,1-3H3,(H,23,26). The topological polar surface area (TPSA) is 81.9 Å². The van der Waals surface area contributed by atoms with E-state index in [1.807, 2.05) is 26.8 Å². The molecule has 0 fully saturated rings. The van der Waals surface area contributed by atoms with Crippen LogP contribution in [-0.2, 0) is 4.79 Å². The van der Waals surface area contributed by atoms with Crippen molar-refractivity contribution in [2.75, 3.05) is 11.9 Å². The van der Waals surface area contributed by atoms with Crippen molar-refractivity contribution in [3.8, 4) is 11.7 Å². The van der Waals surface area contributed by atoms with Gasteiger partial charge in [-0.15, -0.1) is 0 Å². The first-order valence-corrected chi connectivity index (χ1v) is 9.26. The highest BCUT2D eigenvalue weighted by molar-refractivity contribution is 9.10. The number of aryl methyl sites for hydroxylation is 3. The molecule has 0 atom stereocenters. The highest BCUT2D eigenvalue weighted by Crippen LogP contribution is 2.28. The Balaban J connectivity index is 1.74. The maximum Gasteiger partial charge on any atom is 0.263 e. The van der Waals surface area contributed by atoms with Gasteiger partial charge in [0, 0.05) is 22.5 Å². The Kier molecular flexibility index (Phi) is 5.76. The molecule has 27 heavy (non-hydrogen) atoms. The summed E-state index contributed by atoms with van der Waals surface area (Å²) >= 11 is 9.25. The van der Waals surface area contributed by atoms with Crippen LogP contribution in [0.15, 0.2) is 34.8 Å². The monoisotopic (exact) mass is 449 g/mol. The lowest BCUT2D eigenvalue weighted by molar-refractivity contribution is -0.118. The van der Waals surface area contributed by atoms with Crippen LogP contribution in [-0.4, -0.2) is 32.3 Å². The molecule has 0 aliphatic rings. The number of carbonyl (C=O) groups is 1. The first kappa shape index (κ1) is 19.3. The van der Waals surface area contributed by atoms with Gasteiger partial charge in [0.2, 0.25) is 0 Å².